The van der Waals surface area contributed by atoms with E-state index < -0.39 is 12.5 Å². The van der Waals surface area contributed by atoms with Gasteiger partial charge in [0.05, 0.1) is 0 Å². The van der Waals surface area contributed by atoms with Crippen molar-refractivity contribution in [2.75, 3.05) is 5.32 Å². The van der Waals surface area contributed by atoms with Crippen LogP contribution in [0.1, 0.15) is 41.6 Å². The number of hydrogen-bond donors (Lipinski definition) is 1. The van der Waals surface area contributed by atoms with Gasteiger partial charge in [0.25, 0.3) is 5.91 Å². The SMILES string of the molecule is CCCCCc1nnc(NC(=O)c2cccc(OC(F)F)c2)s1. The van der Waals surface area contributed by atoms with E-state index in [-0.39, 0.29) is 11.3 Å². The Labute approximate surface area is 136 Å². The fraction of sp³-hybridized carbons (Fsp3) is 0.400. The van der Waals surface area contributed by atoms with Crippen molar-refractivity contribution in [2.45, 2.75) is 39.2 Å². The van der Waals surface area contributed by atoms with Crippen LogP contribution in [0.25, 0.3) is 0 Å². The van der Waals surface area contributed by atoms with Crippen molar-refractivity contribution in [3.63, 3.8) is 0 Å². The second kappa shape index (κ2) is 8.52. The molecule has 0 unspecified atom stereocenters. The van der Waals surface area contributed by atoms with Gasteiger partial charge in [-0.15, -0.1) is 10.2 Å². The summed E-state index contributed by atoms with van der Waals surface area (Å²) < 4.78 is 28.7. The van der Waals surface area contributed by atoms with Crippen molar-refractivity contribution in [3.05, 3.63) is 34.8 Å². The van der Waals surface area contributed by atoms with Gasteiger partial charge in [-0.05, 0) is 24.6 Å². The molecule has 0 aliphatic carbocycles. The molecule has 2 aromatic rings. The lowest BCUT2D eigenvalue weighted by molar-refractivity contribution is -0.0498. The molecule has 124 valence electrons. The maximum Gasteiger partial charge on any atom is 0.387 e. The molecular formula is C15H17F2N3O2S. The van der Waals surface area contributed by atoms with Crippen molar-refractivity contribution >= 4 is 22.4 Å². The Morgan fingerprint density at radius 2 is 2.17 bits per heavy atom. The molecule has 0 bridgehead atoms. The van der Waals surface area contributed by atoms with Gasteiger partial charge in [0.15, 0.2) is 0 Å². The zero-order valence-electron chi connectivity index (χ0n) is 12.6. The lowest BCUT2D eigenvalue weighted by Crippen LogP contribution is -2.12. The van der Waals surface area contributed by atoms with Crippen LogP contribution in [-0.4, -0.2) is 22.7 Å². The molecule has 1 amide bonds. The highest BCUT2D eigenvalue weighted by Gasteiger charge is 2.12. The van der Waals surface area contributed by atoms with Crippen molar-refractivity contribution in [1.82, 2.24) is 10.2 Å². The summed E-state index contributed by atoms with van der Waals surface area (Å²) in [7, 11) is 0. The summed E-state index contributed by atoms with van der Waals surface area (Å²) in [6.45, 7) is -0.806. The Hall–Kier alpha value is -2.09. The topological polar surface area (TPSA) is 64.1 Å². The number of unbranched alkanes of at least 4 members (excludes halogenated alkanes) is 2. The normalized spacial score (nSPS) is 10.8. The van der Waals surface area contributed by atoms with E-state index in [0.29, 0.717) is 5.13 Å². The molecule has 1 aromatic heterocycles. The molecule has 0 atom stereocenters. The molecule has 8 heteroatoms. The third kappa shape index (κ3) is 5.55. The minimum atomic E-state index is -2.93. The van der Waals surface area contributed by atoms with E-state index in [1.807, 2.05) is 0 Å². The number of aryl methyl sites for hydroxylation is 1. The second-order valence-electron chi connectivity index (χ2n) is 4.82. The summed E-state index contributed by atoms with van der Waals surface area (Å²) >= 11 is 1.32. The van der Waals surface area contributed by atoms with E-state index >= 15 is 0 Å². The van der Waals surface area contributed by atoms with Crippen LogP contribution in [0.2, 0.25) is 0 Å². The first-order valence-electron chi connectivity index (χ1n) is 7.27. The molecule has 0 saturated heterocycles. The van der Waals surface area contributed by atoms with Gasteiger partial charge >= 0.3 is 6.61 Å². The molecular weight excluding hydrogens is 324 g/mol. The van der Waals surface area contributed by atoms with Gasteiger partial charge < -0.3 is 4.74 Å². The molecule has 1 heterocycles. The number of amides is 1. The van der Waals surface area contributed by atoms with Gasteiger partial charge in [-0.1, -0.05) is 37.2 Å². The van der Waals surface area contributed by atoms with Crippen LogP contribution in [0.5, 0.6) is 5.75 Å². The minimum absolute atomic E-state index is 0.0647. The molecule has 0 fully saturated rings. The fourth-order valence-electron chi connectivity index (χ4n) is 1.91. The Kier molecular flexibility index (Phi) is 6.40. The van der Waals surface area contributed by atoms with Gasteiger partial charge in [0.2, 0.25) is 5.13 Å². The number of alkyl halides is 2. The first-order valence-corrected chi connectivity index (χ1v) is 8.08. The highest BCUT2D eigenvalue weighted by Crippen LogP contribution is 2.20. The standard InChI is InChI=1S/C15H17F2N3O2S/c1-2-3-4-8-12-19-20-15(23-12)18-13(21)10-6-5-7-11(9-10)22-14(16)17/h5-7,9,14H,2-4,8H2,1H3,(H,18,20,21). The van der Waals surface area contributed by atoms with E-state index in [1.165, 1.54) is 35.6 Å². The summed E-state index contributed by atoms with van der Waals surface area (Å²) in [4.78, 5) is 12.1. The smallest absolute Gasteiger partial charge is 0.387 e. The monoisotopic (exact) mass is 341 g/mol. The largest absolute Gasteiger partial charge is 0.435 e. The molecule has 5 nitrogen and oxygen atoms in total. The molecule has 0 radical (unpaired) electrons. The molecule has 0 aliphatic heterocycles. The van der Waals surface area contributed by atoms with Crippen molar-refractivity contribution in [1.29, 1.82) is 0 Å². The lowest BCUT2D eigenvalue weighted by Gasteiger charge is -2.06. The fourth-order valence-corrected chi connectivity index (χ4v) is 2.69. The van der Waals surface area contributed by atoms with Gasteiger partial charge in [0, 0.05) is 12.0 Å². The number of nitrogens with zero attached hydrogens (tertiary/aromatic N) is 2. The van der Waals surface area contributed by atoms with Crippen LogP contribution in [0.15, 0.2) is 24.3 Å². The van der Waals surface area contributed by atoms with Gasteiger partial charge in [-0.2, -0.15) is 8.78 Å². The third-order valence-corrected chi connectivity index (χ3v) is 3.90. The molecule has 0 aliphatic rings. The molecule has 0 saturated carbocycles. The maximum absolute atomic E-state index is 12.2. The second-order valence-corrected chi connectivity index (χ2v) is 5.88. The summed E-state index contributed by atoms with van der Waals surface area (Å²) in [5, 5.41) is 11.8. The van der Waals surface area contributed by atoms with Crippen molar-refractivity contribution < 1.29 is 18.3 Å². The maximum atomic E-state index is 12.2. The van der Waals surface area contributed by atoms with E-state index in [4.69, 9.17) is 0 Å². The number of halogens is 2. The quantitative estimate of drug-likeness (QED) is 0.734. The van der Waals surface area contributed by atoms with Gasteiger partial charge in [0.1, 0.15) is 10.8 Å². The molecule has 0 spiro atoms. The van der Waals surface area contributed by atoms with Gasteiger partial charge in [-0.25, -0.2) is 0 Å². The predicted octanol–water partition coefficient (Wildman–Crippen LogP) is 4.12. The van der Waals surface area contributed by atoms with E-state index in [1.54, 1.807) is 0 Å². The first-order chi connectivity index (χ1) is 11.1. The number of carbonyl (C=O) groups is 1. The van der Waals surface area contributed by atoms with Crippen LogP contribution in [0.3, 0.4) is 0 Å². The molecule has 1 N–H and O–H groups in total. The average Bonchev–Trinajstić information content (AvgIpc) is 2.94. The third-order valence-electron chi connectivity index (χ3n) is 3.00. The number of aromatic nitrogens is 2. The average molecular weight is 341 g/mol. The van der Waals surface area contributed by atoms with Gasteiger partial charge in [-0.3, -0.25) is 10.1 Å². The summed E-state index contributed by atoms with van der Waals surface area (Å²) in [6.07, 6.45) is 4.11. The number of nitrogens with one attached hydrogen (secondary N) is 1. The summed E-state index contributed by atoms with van der Waals surface area (Å²) in [5.41, 5.74) is 0.214. The Bertz CT molecular complexity index is 649. The number of rotatable bonds is 8. The number of carbonyl (C=O) groups excluding carboxylic acids is 1. The first kappa shape index (κ1) is 17.3. The Morgan fingerprint density at radius 3 is 2.91 bits per heavy atom. The zero-order valence-corrected chi connectivity index (χ0v) is 13.4. The highest BCUT2D eigenvalue weighted by molar-refractivity contribution is 7.15. The van der Waals surface area contributed by atoms with E-state index in [9.17, 15) is 13.6 Å². The predicted molar refractivity (Wildman–Crippen MR) is 84.2 cm³/mol. The number of ether oxygens (including phenoxy) is 1. The summed E-state index contributed by atoms with van der Waals surface area (Å²) in [6, 6.07) is 5.60. The molecule has 2 rings (SSSR count). The highest BCUT2D eigenvalue weighted by atomic mass is 32.1. The minimum Gasteiger partial charge on any atom is -0.435 e. The van der Waals surface area contributed by atoms with Crippen LogP contribution < -0.4 is 10.1 Å². The van der Waals surface area contributed by atoms with Crippen LogP contribution >= 0.6 is 11.3 Å². The number of anilines is 1. The van der Waals surface area contributed by atoms with Crippen LogP contribution in [0.4, 0.5) is 13.9 Å². The Morgan fingerprint density at radius 1 is 1.35 bits per heavy atom. The Balaban J connectivity index is 1.96. The summed E-state index contributed by atoms with van der Waals surface area (Å²) in [5.74, 6) is -0.508. The van der Waals surface area contributed by atoms with Crippen molar-refractivity contribution in [3.8, 4) is 5.75 Å². The molecule has 1 aromatic carbocycles. The lowest BCUT2D eigenvalue weighted by atomic mass is 10.2. The van der Waals surface area contributed by atoms with Crippen LogP contribution in [-0.2, 0) is 6.42 Å². The van der Waals surface area contributed by atoms with E-state index in [0.717, 1.165) is 30.7 Å². The number of benzene rings is 1. The van der Waals surface area contributed by atoms with E-state index in [2.05, 4.69) is 27.2 Å². The zero-order chi connectivity index (χ0) is 16.7. The van der Waals surface area contributed by atoms with Crippen molar-refractivity contribution in [2.24, 2.45) is 0 Å². The van der Waals surface area contributed by atoms with Crippen LogP contribution in [0, 0.1) is 0 Å². The number of hydrogen-bond acceptors (Lipinski definition) is 5. The molecule has 23 heavy (non-hydrogen) atoms.